The Kier molecular flexibility index (Phi) is 5.98. The van der Waals surface area contributed by atoms with Crippen LogP contribution in [0.3, 0.4) is 0 Å². The monoisotopic (exact) mass is 171 g/mol. The van der Waals surface area contributed by atoms with Crippen LogP contribution in [0.25, 0.3) is 0 Å². The Bertz CT molecular complexity index is 132. The molecular formula is C9H21N3. The molecule has 0 saturated heterocycles. The molecule has 0 spiro atoms. The van der Waals surface area contributed by atoms with E-state index >= 15 is 0 Å². The first-order valence-corrected chi connectivity index (χ1v) is 4.31. The van der Waals surface area contributed by atoms with Crippen molar-refractivity contribution >= 4 is 0 Å². The minimum atomic E-state index is 0.366. The van der Waals surface area contributed by atoms with Crippen molar-refractivity contribution in [2.45, 2.75) is 25.8 Å². The molecule has 0 saturated carbocycles. The summed E-state index contributed by atoms with van der Waals surface area (Å²) in [6.45, 7) is 6.95. The molecular weight excluding hydrogens is 150 g/mol. The number of nitrogens with zero attached hydrogens (tertiary/aromatic N) is 1. The van der Waals surface area contributed by atoms with Gasteiger partial charge in [-0.05, 0) is 40.4 Å². The lowest BCUT2D eigenvalue weighted by atomic mass is 10.1. The lowest BCUT2D eigenvalue weighted by Crippen LogP contribution is -2.37. The number of hydrogen-bond acceptors (Lipinski definition) is 3. The van der Waals surface area contributed by atoms with Crippen molar-refractivity contribution in [1.82, 2.24) is 10.3 Å². The Morgan fingerprint density at radius 3 is 2.50 bits per heavy atom. The molecule has 0 radical (unpaired) electrons. The van der Waals surface area contributed by atoms with E-state index in [-0.39, 0.29) is 0 Å². The Morgan fingerprint density at radius 1 is 1.58 bits per heavy atom. The van der Waals surface area contributed by atoms with Gasteiger partial charge in [0.05, 0.1) is 0 Å². The van der Waals surface area contributed by atoms with Gasteiger partial charge >= 0.3 is 0 Å². The van der Waals surface area contributed by atoms with Gasteiger partial charge < -0.3 is 4.90 Å². The zero-order valence-corrected chi connectivity index (χ0v) is 8.43. The highest BCUT2D eigenvalue weighted by Crippen LogP contribution is 2.04. The van der Waals surface area contributed by atoms with Crippen molar-refractivity contribution in [2.75, 3.05) is 20.6 Å². The van der Waals surface area contributed by atoms with Crippen LogP contribution >= 0.6 is 0 Å². The van der Waals surface area contributed by atoms with E-state index in [9.17, 15) is 0 Å². The van der Waals surface area contributed by atoms with E-state index in [4.69, 9.17) is 5.84 Å². The van der Waals surface area contributed by atoms with E-state index in [0.29, 0.717) is 6.04 Å². The summed E-state index contributed by atoms with van der Waals surface area (Å²) in [4.78, 5) is 2.16. The number of rotatable bonds is 6. The highest BCUT2D eigenvalue weighted by Gasteiger charge is 2.06. The van der Waals surface area contributed by atoms with Crippen LogP contribution in [-0.2, 0) is 0 Å². The molecule has 3 nitrogen and oxygen atoms in total. The Labute approximate surface area is 75.6 Å². The van der Waals surface area contributed by atoms with Gasteiger partial charge in [0.15, 0.2) is 0 Å². The lowest BCUT2D eigenvalue weighted by Gasteiger charge is -2.18. The molecule has 0 aliphatic carbocycles. The molecule has 0 heterocycles. The van der Waals surface area contributed by atoms with E-state index < -0.39 is 0 Å². The number of hydrogen-bond donors (Lipinski definition) is 2. The van der Waals surface area contributed by atoms with E-state index in [2.05, 4.69) is 31.0 Å². The second-order valence-corrected chi connectivity index (χ2v) is 3.62. The first kappa shape index (κ1) is 11.6. The predicted octanol–water partition coefficient (Wildman–Crippen LogP) is 0.736. The van der Waals surface area contributed by atoms with Crippen LogP contribution in [0.5, 0.6) is 0 Å². The van der Waals surface area contributed by atoms with Gasteiger partial charge in [-0.2, -0.15) is 0 Å². The molecule has 0 aliphatic rings. The van der Waals surface area contributed by atoms with Crippen LogP contribution in [0.2, 0.25) is 0 Å². The summed E-state index contributed by atoms with van der Waals surface area (Å²) in [5.74, 6) is 5.40. The standard InChI is InChI=1S/C9H21N3/c1-8(2)7-9(11-10)5-6-12(3)4/h9,11H,1,5-7,10H2,2-4H3. The van der Waals surface area contributed by atoms with Crippen molar-refractivity contribution < 1.29 is 0 Å². The molecule has 0 fully saturated rings. The van der Waals surface area contributed by atoms with Gasteiger partial charge in [0.25, 0.3) is 0 Å². The van der Waals surface area contributed by atoms with Gasteiger partial charge in [-0.25, -0.2) is 0 Å². The molecule has 0 amide bonds. The molecule has 0 aromatic rings. The number of hydrazine groups is 1. The van der Waals surface area contributed by atoms with Crippen LogP contribution in [0, 0.1) is 0 Å². The maximum Gasteiger partial charge on any atom is 0.0259 e. The van der Waals surface area contributed by atoms with Gasteiger partial charge in [0.2, 0.25) is 0 Å². The average Bonchev–Trinajstić information content (AvgIpc) is 1.97. The Morgan fingerprint density at radius 2 is 2.17 bits per heavy atom. The van der Waals surface area contributed by atoms with Crippen molar-refractivity contribution in [3.63, 3.8) is 0 Å². The van der Waals surface area contributed by atoms with Crippen LogP contribution in [-0.4, -0.2) is 31.6 Å². The third kappa shape index (κ3) is 6.34. The van der Waals surface area contributed by atoms with E-state index in [1.54, 1.807) is 0 Å². The van der Waals surface area contributed by atoms with Crippen molar-refractivity contribution in [2.24, 2.45) is 5.84 Å². The zero-order valence-electron chi connectivity index (χ0n) is 8.43. The van der Waals surface area contributed by atoms with Crippen molar-refractivity contribution in [3.05, 3.63) is 12.2 Å². The molecule has 1 atom stereocenters. The zero-order chi connectivity index (χ0) is 9.56. The fourth-order valence-electron chi connectivity index (χ4n) is 1.08. The molecule has 72 valence electrons. The van der Waals surface area contributed by atoms with Crippen LogP contribution in [0.15, 0.2) is 12.2 Å². The molecule has 3 N–H and O–H groups in total. The summed E-state index contributed by atoms with van der Waals surface area (Å²) in [6, 6.07) is 0.366. The second-order valence-electron chi connectivity index (χ2n) is 3.62. The maximum atomic E-state index is 5.40. The molecule has 0 aromatic heterocycles. The highest BCUT2D eigenvalue weighted by molar-refractivity contribution is 4.92. The Hall–Kier alpha value is -0.380. The van der Waals surface area contributed by atoms with Gasteiger partial charge in [0.1, 0.15) is 0 Å². The van der Waals surface area contributed by atoms with Crippen molar-refractivity contribution in [3.8, 4) is 0 Å². The first-order valence-electron chi connectivity index (χ1n) is 4.31. The predicted molar refractivity (Wildman–Crippen MR) is 53.7 cm³/mol. The third-order valence-electron chi connectivity index (χ3n) is 1.76. The second kappa shape index (κ2) is 6.17. The quantitative estimate of drug-likeness (QED) is 0.352. The normalized spacial score (nSPS) is 13.4. The third-order valence-corrected chi connectivity index (χ3v) is 1.76. The van der Waals surface area contributed by atoms with Crippen LogP contribution < -0.4 is 11.3 Å². The summed E-state index contributed by atoms with van der Waals surface area (Å²) >= 11 is 0. The summed E-state index contributed by atoms with van der Waals surface area (Å²) in [7, 11) is 4.13. The van der Waals surface area contributed by atoms with Gasteiger partial charge in [-0.15, -0.1) is 6.58 Å². The minimum Gasteiger partial charge on any atom is -0.309 e. The fraction of sp³-hybridized carbons (Fsp3) is 0.778. The van der Waals surface area contributed by atoms with Gasteiger partial charge in [-0.3, -0.25) is 11.3 Å². The smallest absolute Gasteiger partial charge is 0.0259 e. The SMILES string of the molecule is C=C(C)CC(CCN(C)C)NN. The summed E-state index contributed by atoms with van der Waals surface area (Å²) in [5.41, 5.74) is 3.98. The topological polar surface area (TPSA) is 41.3 Å². The molecule has 12 heavy (non-hydrogen) atoms. The van der Waals surface area contributed by atoms with E-state index in [1.807, 2.05) is 6.92 Å². The summed E-state index contributed by atoms with van der Waals surface area (Å²) in [5, 5.41) is 0. The maximum absolute atomic E-state index is 5.40. The lowest BCUT2D eigenvalue weighted by molar-refractivity contribution is 0.358. The fourth-order valence-corrected chi connectivity index (χ4v) is 1.08. The molecule has 3 heteroatoms. The first-order chi connectivity index (χ1) is 5.56. The van der Waals surface area contributed by atoms with E-state index in [1.165, 1.54) is 5.57 Å². The van der Waals surface area contributed by atoms with Gasteiger partial charge in [0, 0.05) is 6.04 Å². The molecule has 0 aromatic carbocycles. The van der Waals surface area contributed by atoms with Crippen molar-refractivity contribution in [1.29, 1.82) is 0 Å². The summed E-state index contributed by atoms with van der Waals surface area (Å²) in [6.07, 6.45) is 2.03. The number of nitrogens with one attached hydrogen (secondary N) is 1. The summed E-state index contributed by atoms with van der Waals surface area (Å²) < 4.78 is 0. The van der Waals surface area contributed by atoms with Crippen LogP contribution in [0.4, 0.5) is 0 Å². The minimum absolute atomic E-state index is 0.366. The van der Waals surface area contributed by atoms with Crippen LogP contribution in [0.1, 0.15) is 19.8 Å². The molecule has 0 aliphatic heterocycles. The number of nitrogens with two attached hydrogens (primary N) is 1. The average molecular weight is 171 g/mol. The van der Waals surface area contributed by atoms with Gasteiger partial charge in [-0.1, -0.05) is 5.57 Å². The molecule has 1 unspecified atom stereocenters. The highest BCUT2D eigenvalue weighted by atomic mass is 15.2. The van der Waals surface area contributed by atoms with E-state index in [0.717, 1.165) is 19.4 Å². The largest absolute Gasteiger partial charge is 0.309 e. The molecule has 0 rings (SSSR count). The molecule has 0 bridgehead atoms. The Balaban J connectivity index is 3.60.